The molecule has 3 rings (SSSR count). The lowest BCUT2D eigenvalue weighted by Crippen LogP contribution is -2.56. The first-order valence-corrected chi connectivity index (χ1v) is 9.59. The van der Waals surface area contributed by atoms with Crippen LogP contribution in [0.2, 0.25) is 0 Å². The average Bonchev–Trinajstić information content (AvgIpc) is 2.98. The van der Waals surface area contributed by atoms with Crippen molar-refractivity contribution in [1.29, 1.82) is 0 Å². The summed E-state index contributed by atoms with van der Waals surface area (Å²) in [7, 11) is 0. The fraction of sp³-hybridized carbons (Fsp3) is 0.789. The first-order valence-electron chi connectivity index (χ1n) is 9.59. The largest absolute Gasteiger partial charge is 0.360 e. The minimum Gasteiger partial charge on any atom is -0.360 e. The lowest BCUT2D eigenvalue weighted by Gasteiger charge is -2.41. The minimum absolute atomic E-state index is 0.0211. The van der Waals surface area contributed by atoms with E-state index in [0.29, 0.717) is 17.7 Å². The Kier molecular flexibility index (Phi) is 5.79. The number of carbonyl (C=O) groups excluding carboxylic acids is 1. The second-order valence-electron chi connectivity index (χ2n) is 8.11. The summed E-state index contributed by atoms with van der Waals surface area (Å²) in [4.78, 5) is 19.7. The van der Waals surface area contributed by atoms with Crippen LogP contribution in [0, 0.1) is 18.8 Å². The normalized spacial score (nSPS) is 27.4. The van der Waals surface area contributed by atoms with Gasteiger partial charge >= 0.3 is 0 Å². The van der Waals surface area contributed by atoms with Gasteiger partial charge in [-0.05, 0) is 32.1 Å². The van der Waals surface area contributed by atoms with Gasteiger partial charge < -0.3 is 9.42 Å². The number of rotatable bonds is 4. The van der Waals surface area contributed by atoms with E-state index in [1.54, 1.807) is 0 Å². The van der Waals surface area contributed by atoms with Crippen LogP contribution in [-0.2, 0) is 11.3 Å². The van der Waals surface area contributed by atoms with Gasteiger partial charge in [-0.1, -0.05) is 19.0 Å². The highest BCUT2D eigenvalue weighted by molar-refractivity contribution is 5.81. The van der Waals surface area contributed by atoms with Crippen LogP contribution < -0.4 is 0 Å². The molecule has 6 heteroatoms. The van der Waals surface area contributed by atoms with Crippen LogP contribution in [0.15, 0.2) is 10.6 Å². The highest BCUT2D eigenvalue weighted by atomic mass is 16.5. The molecule has 0 aliphatic carbocycles. The summed E-state index contributed by atoms with van der Waals surface area (Å²) < 4.78 is 5.31. The van der Waals surface area contributed by atoms with E-state index >= 15 is 0 Å². The van der Waals surface area contributed by atoms with E-state index in [-0.39, 0.29) is 6.04 Å². The zero-order valence-electron chi connectivity index (χ0n) is 16.1. The van der Waals surface area contributed by atoms with E-state index in [1.807, 2.05) is 13.0 Å². The third-order valence-corrected chi connectivity index (χ3v) is 5.55. The van der Waals surface area contributed by atoms with Crippen molar-refractivity contribution in [2.45, 2.75) is 46.7 Å². The Bertz CT molecular complexity index is 570. The summed E-state index contributed by atoms with van der Waals surface area (Å²) in [5.74, 6) is 2.45. The number of likely N-dealkylation sites (tertiary alicyclic amines) is 1. The van der Waals surface area contributed by atoms with Crippen LogP contribution in [0.3, 0.4) is 0 Å². The van der Waals surface area contributed by atoms with E-state index in [1.165, 1.54) is 6.42 Å². The number of piperazine rings is 1. The van der Waals surface area contributed by atoms with Crippen molar-refractivity contribution in [3.8, 4) is 0 Å². The SMILES string of the molecule is Cc1cc(CN2CCN(C(C)C(=O)N3CC(C)CC(C)C3)CC2)on1. The summed E-state index contributed by atoms with van der Waals surface area (Å²) in [6.07, 6.45) is 1.23. The lowest BCUT2D eigenvalue weighted by molar-refractivity contribution is -0.139. The van der Waals surface area contributed by atoms with Gasteiger partial charge in [0.05, 0.1) is 18.3 Å². The predicted molar refractivity (Wildman–Crippen MR) is 97.1 cm³/mol. The maximum atomic E-state index is 12.9. The van der Waals surface area contributed by atoms with Crippen molar-refractivity contribution in [2.24, 2.45) is 11.8 Å². The summed E-state index contributed by atoms with van der Waals surface area (Å²) >= 11 is 0. The smallest absolute Gasteiger partial charge is 0.239 e. The van der Waals surface area contributed by atoms with Crippen molar-refractivity contribution in [1.82, 2.24) is 19.9 Å². The molecule has 2 fully saturated rings. The zero-order valence-corrected chi connectivity index (χ0v) is 16.1. The molecule has 140 valence electrons. The van der Waals surface area contributed by atoms with Gasteiger partial charge in [-0.3, -0.25) is 14.6 Å². The molecule has 1 aromatic heterocycles. The Hall–Kier alpha value is -1.40. The van der Waals surface area contributed by atoms with Gasteiger partial charge in [0.2, 0.25) is 5.91 Å². The number of aryl methyl sites for hydroxylation is 1. The highest BCUT2D eigenvalue weighted by Gasteiger charge is 2.32. The number of hydrogen-bond donors (Lipinski definition) is 0. The molecule has 1 amide bonds. The first-order chi connectivity index (χ1) is 11.9. The Balaban J connectivity index is 1.49. The number of nitrogens with zero attached hydrogens (tertiary/aromatic N) is 4. The Morgan fingerprint density at radius 3 is 2.44 bits per heavy atom. The zero-order chi connectivity index (χ0) is 18.0. The fourth-order valence-corrected chi connectivity index (χ4v) is 4.28. The van der Waals surface area contributed by atoms with Gasteiger partial charge in [0.1, 0.15) is 0 Å². The molecule has 25 heavy (non-hydrogen) atoms. The maximum absolute atomic E-state index is 12.9. The molecule has 2 saturated heterocycles. The minimum atomic E-state index is -0.0211. The number of carbonyl (C=O) groups is 1. The van der Waals surface area contributed by atoms with Gasteiger partial charge in [0.25, 0.3) is 0 Å². The van der Waals surface area contributed by atoms with Crippen LogP contribution in [-0.4, -0.2) is 71.1 Å². The summed E-state index contributed by atoms with van der Waals surface area (Å²) in [5.41, 5.74) is 0.929. The van der Waals surface area contributed by atoms with Gasteiger partial charge in [-0.2, -0.15) is 0 Å². The monoisotopic (exact) mass is 348 g/mol. The molecule has 0 aromatic carbocycles. The second-order valence-corrected chi connectivity index (χ2v) is 8.11. The molecular weight excluding hydrogens is 316 g/mol. The topological polar surface area (TPSA) is 52.8 Å². The Morgan fingerprint density at radius 2 is 1.88 bits per heavy atom. The summed E-state index contributed by atoms with van der Waals surface area (Å²) in [5, 5.41) is 3.95. The number of amides is 1. The third-order valence-electron chi connectivity index (χ3n) is 5.55. The van der Waals surface area contributed by atoms with Crippen molar-refractivity contribution in [3.63, 3.8) is 0 Å². The van der Waals surface area contributed by atoms with Gasteiger partial charge in [0, 0.05) is 45.3 Å². The standard InChI is InChI=1S/C19H32N4O2/c1-14-9-15(2)12-23(11-14)19(24)17(4)22-7-5-21(6-8-22)13-18-10-16(3)20-25-18/h10,14-15,17H,5-9,11-13H2,1-4H3. The molecule has 0 spiro atoms. The molecule has 1 aromatic rings. The molecule has 3 unspecified atom stereocenters. The predicted octanol–water partition coefficient (Wildman–Crippen LogP) is 1.99. The molecule has 3 atom stereocenters. The molecule has 0 radical (unpaired) electrons. The molecule has 3 heterocycles. The fourth-order valence-electron chi connectivity index (χ4n) is 4.28. The quantitative estimate of drug-likeness (QED) is 0.833. The van der Waals surface area contributed by atoms with Crippen LogP contribution >= 0.6 is 0 Å². The number of piperidine rings is 1. The Morgan fingerprint density at radius 1 is 1.24 bits per heavy atom. The summed E-state index contributed by atoms with van der Waals surface area (Å²) in [6, 6.07) is 1.98. The lowest BCUT2D eigenvalue weighted by atomic mass is 9.91. The highest BCUT2D eigenvalue weighted by Crippen LogP contribution is 2.22. The van der Waals surface area contributed by atoms with Crippen molar-refractivity contribution >= 4 is 5.91 Å². The van der Waals surface area contributed by atoms with E-state index in [4.69, 9.17) is 4.52 Å². The van der Waals surface area contributed by atoms with Crippen LogP contribution in [0.25, 0.3) is 0 Å². The van der Waals surface area contributed by atoms with Crippen molar-refractivity contribution in [3.05, 3.63) is 17.5 Å². The van der Waals surface area contributed by atoms with Crippen LogP contribution in [0.4, 0.5) is 0 Å². The molecule has 0 N–H and O–H groups in total. The van der Waals surface area contributed by atoms with Gasteiger partial charge in [-0.25, -0.2) is 0 Å². The van der Waals surface area contributed by atoms with E-state index < -0.39 is 0 Å². The maximum Gasteiger partial charge on any atom is 0.239 e. The van der Waals surface area contributed by atoms with Crippen LogP contribution in [0.1, 0.15) is 38.6 Å². The molecular formula is C19H32N4O2. The number of hydrogen-bond acceptors (Lipinski definition) is 5. The van der Waals surface area contributed by atoms with Gasteiger partial charge in [0.15, 0.2) is 5.76 Å². The average molecular weight is 348 g/mol. The van der Waals surface area contributed by atoms with Crippen molar-refractivity contribution < 1.29 is 9.32 Å². The van der Waals surface area contributed by atoms with Gasteiger partial charge in [-0.15, -0.1) is 0 Å². The molecule has 2 aliphatic rings. The second kappa shape index (κ2) is 7.87. The van der Waals surface area contributed by atoms with Crippen LogP contribution in [0.5, 0.6) is 0 Å². The molecule has 6 nitrogen and oxygen atoms in total. The first kappa shape index (κ1) is 18.4. The molecule has 0 saturated carbocycles. The van der Waals surface area contributed by atoms with E-state index in [2.05, 4.69) is 40.6 Å². The van der Waals surface area contributed by atoms with E-state index in [0.717, 1.165) is 57.3 Å². The van der Waals surface area contributed by atoms with Crippen molar-refractivity contribution in [2.75, 3.05) is 39.3 Å². The van der Waals surface area contributed by atoms with E-state index in [9.17, 15) is 4.79 Å². The third kappa shape index (κ3) is 4.61. The Labute approximate surface area is 151 Å². The number of aromatic nitrogens is 1. The summed E-state index contributed by atoms with van der Waals surface area (Å²) in [6.45, 7) is 14.9. The molecule has 0 bridgehead atoms. The molecule has 2 aliphatic heterocycles.